The molecule has 116 valence electrons. The second-order valence-electron chi connectivity index (χ2n) is 6.47. The van der Waals surface area contributed by atoms with Crippen LogP contribution in [0.25, 0.3) is 0 Å². The average Bonchev–Trinajstić information content (AvgIpc) is 2.90. The molecule has 5 heteroatoms. The molecule has 5 nitrogen and oxygen atoms in total. The molecule has 0 bridgehead atoms. The highest BCUT2D eigenvalue weighted by Gasteiger charge is 2.33. The summed E-state index contributed by atoms with van der Waals surface area (Å²) in [4.78, 5) is 9.34. The molecule has 1 unspecified atom stereocenters. The summed E-state index contributed by atoms with van der Waals surface area (Å²) in [6, 6.07) is 4.12. The van der Waals surface area contributed by atoms with Crippen LogP contribution in [-0.4, -0.2) is 71.3 Å². The van der Waals surface area contributed by atoms with Gasteiger partial charge in [0.05, 0.1) is 11.3 Å². The predicted molar refractivity (Wildman–Crippen MR) is 83.1 cm³/mol. The third-order valence-electron chi connectivity index (χ3n) is 4.70. The quantitative estimate of drug-likeness (QED) is 0.831. The molecule has 3 rings (SSSR count). The van der Waals surface area contributed by atoms with Crippen LogP contribution < -0.4 is 5.32 Å². The Morgan fingerprint density at radius 1 is 1.29 bits per heavy atom. The fourth-order valence-electron chi connectivity index (χ4n) is 3.28. The van der Waals surface area contributed by atoms with Crippen molar-refractivity contribution in [3.8, 4) is 0 Å². The zero-order valence-corrected chi connectivity index (χ0v) is 12.9. The summed E-state index contributed by atoms with van der Waals surface area (Å²) in [6.07, 6.45) is 2.75. The van der Waals surface area contributed by atoms with Gasteiger partial charge in [0, 0.05) is 52.0 Å². The van der Waals surface area contributed by atoms with Crippen molar-refractivity contribution in [1.29, 1.82) is 0 Å². The monoisotopic (exact) mass is 290 g/mol. The maximum atomic E-state index is 10.5. The Morgan fingerprint density at radius 3 is 2.71 bits per heavy atom. The largest absolute Gasteiger partial charge is 0.387 e. The van der Waals surface area contributed by atoms with E-state index in [1.54, 1.807) is 0 Å². The first-order valence-corrected chi connectivity index (χ1v) is 7.93. The molecule has 0 radical (unpaired) electrons. The molecule has 3 heterocycles. The minimum Gasteiger partial charge on any atom is -0.387 e. The number of nitrogens with zero attached hydrogens (tertiary/aromatic N) is 3. The molecule has 1 aromatic rings. The first-order chi connectivity index (χ1) is 10.1. The molecule has 2 aliphatic heterocycles. The lowest BCUT2D eigenvalue weighted by Crippen LogP contribution is -2.52. The van der Waals surface area contributed by atoms with Gasteiger partial charge in [0.1, 0.15) is 0 Å². The van der Waals surface area contributed by atoms with E-state index in [-0.39, 0.29) is 0 Å². The summed E-state index contributed by atoms with van der Waals surface area (Å²) in [5, 5.41) is 13.7. The number of aliphatic hydroxyl groups is 1. The van der Waals surface area contributed by atoms with Crippen molar-refractivity contribution >= 4 is 0 Å². The van der Waals surface area contributed by atoms with Crippen LogP contribution in [0.15, 0.2) is 18.3 Å². The normalized spacial score (nSPS) is 28.1. The Hall–Kier alpha value is -1.01. The van der Waals surface area contributed by atoms with E-state index < -0.39 is 5.60 Å². The van der Waals surface area contributed by atoms with Crippen LogP contribution in [0.3, 0.4) is 0 Å². The fraction of sp³-hybridized carbons (Fsp3) is 0.688. The van der Waals surface area contributed by atoms with Gasteiger partial charge in [-0.25, -0.2) is 0 Å². The number of β-amino-alcohol motifs (C(OH)–C–C–N with tert-alkyl or cyclic N) is 1. The molecular formula is C16H26N4O. The molecule has 2 saturated heterocycles. The number of aryl methyl sites for hydroxylation is 1. The minimum absolute atomic E-state index is 0.514. The number of piperazine rings is 1. The Morgan fingerprint density at radius 2 is 2.05 bits per heavy atom. The summed E-state index contributed by atoms with van der Waals surface area (Å²) in [5.74, 6) is 0. The molecule has 21 heavy (non-hydrogen) atoms. The highest BCUT2D eigenvalue weighted by atomic mass is 16.3. The SMILES string of the molecule is Cc1cccnc1CN1CCN(CC2(O)CCNC2)CC1. The van der Waals surface area contributed by atoms with Gasteiger partial charge in [-0.05, 0) is 31.5 Å². The lowest BCUT2D eigenvalue weighted by atomic mass is 10.0. The lowest BCUT2D eigenvalue weighted by Gasteiger charge is -2.38. The smallest absolute Gasteiger partial charge is 0.0909 e. The Labute approximate surface area is 127 Å². The van der Waals surface area contributed by atoms with E-state index in [0.29, 0.717) is 0 Å². The van der Waals surface area contributed by atoms with E-state index in [0.717, 1.165) is 58.8 Å². The highest BCUT2D eigenvalue weighted by molar-refractivity contribution is 5.17. The third kappa shape index (κ3) is 3.80. The van der Waals surface area contributed by atoms with Crippen LogP contribution in [0.2, 0.25) is 0 Å². The summed E-state index contributed by atoms with van der Waals surface area (Å²) in [7, 11) is 0. The van der Waals surface area contributed by atoms with Crippen molar-refractivity contribution in [2.75, 3.05) is 45.8 Å². The fourth-order valence-corrected chi connectivity index (χ4v) is 3.28. The van der Waals surface area contributed by atoms with Gasteiger partial charge >= 0.3 is 0 Å². The average molecular weight is 290 g/mol. The standard InChI is InChI=1S/C16H26N4O/c1-14-3-2-5-18-15(14)11-19-7-9-20(10-8-19)13-16(21)4-6-17-12-16/h2-3,5,17,21H,4,6-13H2,1H3. The van der Waals surface area contributed by atoms with Crippen LogP contribution in [0.1, 0.15) is 17.7 Å². The maximum absolute atomic E-state index is 10.5. The molecule has 2 N–H and O–H groups in total. The van der Waals surface area contributed by atoms with Gasteiger partial charge in [-0.15, -0.1) is 0 Å². The van der Waals surface area contributed by atoms with Crippen molar-refractivity contribution in [2.45, 2.75) is 25.5 Å². The van der Waals surface area contributed by atoms with Gasteiger partial charge in [0.2, 0.25) is 0 Å². The van der Waals surface area contributed by atoms with Crippen LogP contribution >= 0.6 is 0 Å². The summed E-state index contributed by atoms with van der Waals surface area (Å²) in [5.41, 5.74) is 1.94. The number of hydrogen-bond donors (Lipinski definition) is 2. The zero-order chi connectivity index (χ0) is 14.7. The topological polar surface area (TPSA) is 51.6 Å². The summed E-state index contributed by atoms with van der Waals surface area (Å²) < 4.78 is 0. The Balaban J connectivity index is 1.48. The lowest BCUT2D eigenvalue weighted by molar-refractivity contribution is 0.00413. The molecule has 0 saturated carbocycles. The van der Waals surface area contributed by atoms with Crippen LogP contribution in [-0.2, 0) is 6.54 Å². The van der Waals surface area contributed by atoms with Crippen molar-refractivity contribution in [1.82, 2.24) is 20.1 Å². The van der Waals surface area contributed by atoms with Gasteiger partial charge in [-0.3, -0.25) is 14.8 Å². The molecule has 0 amide bonds. The molecule has 1 aromatic heterocycles. The Bertz CT molecular complexity index is 465. The van der Waals surface area contributed by atoms with Crippen LogP contribution in [0.4, 0.5) is 0 Å². The number of pyridine rings is 1. The second kappa shape index (κ2) is 6.40. The van der Waals surface area contributed by atoms with Crippen molar-refractivity contribution in [3.63, 3.8) is 0 Å². The molecular weight excluding hydrogens is 264 g/mol. The van der Waals surface area contributed by atoms with E-state index in [4.69, 9.17) is 0 Å². The number of hydrogen-bond acceptors (Lipinski definition) is 5. The summed E-state index contributed by atoms with van der Waals surface area (Å²) >= 11 is 0. The number of rotatable bonds is 4. The van der Waals surface area contributed by atoms with Gasteiger partial charge in [0.15, 0.2) is 0 Å². The molecule has 0 aliphatic carbocycles. The van der Waals surface area contributed by atoms with E-state index in [1.165, 1.54) is 11.3 Å². The first-order valence-electron chi connectivity index (χ1n) is 7.93. The second-order valence-corrected chi connectivity index (χ2v) is 6.47. The van der Waals surface area contributed by atoms with E-state index in [1.807, 2.05) is 12.3 Å². The third-order valence-corrected chi connectivity index (χ3v) is 4.70. The van der Waals surface area contributed by atoms with Gasteiger partial charge in [-0.1, -0.05) is 6.07 Å². The van der Waals surface area contributed by atoms with E-state index in [9.17, 15) is 5.11 Å². The van der Waals surface area contributed by atoms with Gasteiger partial charge in [0.25, 0.3) is 0 Å². The van der Waals surface area contributed by atoms with E-state index >= 15 is 0 Å². The van der Waals surface area contributed by atoms with Crippen molar-refractivity contribution < 1.29 is 5.11 Å². The number of aromatic nitrogens is 1. The van der Waals surface area contributed by atoms with Gasteiger partial charge < -0.3 is 10.4 Å². The molecule has 1 atom stereocenters. The molecule has 2 aliphatic rings. The number of nitrogens with one attached hydrogen (secondary N) is 1. The van der Waals surface area contributed by atoms with Gasteiger partial charge in [-0.2, -0.15) is 0 Å². The molecule has 2 fully saturated rings. The Kier molecular flexibility index (Phi) is 4.54. The highest BCUT2D eigenvalue weighted by Crippen LogP contribution is 2.17. The van der Waals surface area contributed by atoms with Crippen LogP contribution in [0, 0.1) is 6.92 Å². The van der Waals surface area contributed by atoms with E-state index in [2.05, 4.69) is 33.1 Å². The molecule has 0 aromatic carbocycles. The van der Waals surface area contributed by atoms with Crippen molar-refractivity contribution in [3.05, 3.63) is 29.6 Å². The van der Waals surface area contributed by atoms with Crippen molar-refractivity contribution in [2.24, 2.45) is 0 Å². The molecule has 0 spiro atoms. The first kappa shape index (κ1) is 14.9. The maximum Gasteiger partial charge on any atom is 0.0909 e. The predicted octanol–water partition coefficient (Wildman–Crippen LogP) is 0.232. The van der Waals surface area contributed by atoms with Crippen LogP contribution in [0.5, 0.6) is 0 Å². The zero-order valence-electron chi connectivity index (χ0n) is 12.9. The summed E-state index contributed by atoms with van der Waals surface area (Å²) in [6.45, 7) is 9.72. The minimum atomic E-state index is -0.514.